The molecule has 0 spiro atoms. The summed E-state index contributed by atoms with van der Waals surface area (Å²) in [5.41, 5.74) is -3.09. The van der Waals surface area contributed by atoms with Gasteiger partial charge in [0.15, 0.2) is 5.75 Å². The van der Waals surface area contributed by atoms with Crippen LogP contribution in [0.1, 0.15) is 55.9 Å². The maximum Gasteiger partial charge on any atom is 0.341 e. The number of pyridine rings is 1. The Hall–Kier alpha value is -3.70. The lowest BCUT2D eigenvalue weighted by atomic mass is 9.95. The largest absolute Gasteiger partial charge is 0.492 e. The first-order chi connectivity index (χ1) is 17.2. The van der Waals surface area contributed by atoms with Gasteiger partial charge in [0.25, 0.3) is 0 Å². The van der Waals surface area contributed by atoms with Gasteiger partial charge in [-0.25, -0.2) is 4.79 Å². The van der Waals surface area contributed by atoms with Crippen LogP contribution in [-0.4, -0.2) is 64.7 Å². The Morgan fingerprint density at radius 1 is 1.28 bits per heavy atom. The average molecular weight is 505 g/mol. The van der Waals surface area contributed by atoms with E-state index in [1.54, 1.807) is 9.80 Å². The quantitative estimate of drug-likeness (QED) is 0.428. The van der Waals surface area contributed by atoms with E-state index < -0.39 is 44.7 Å². The molecular formula is C24H29FN4O7. The number of hydrogen-bond donors (Lipinski definition) is 1. The molecule has 36 heavy (non-hydrogen) atoms. The number of benzene rings is 1. The standard InChI is InChI=1S/C24H29FN4O7/c1-4-26(5-2)23(31)13-7-6-10-27(11-13)20-17(25)18(29(34)35)16-19(22(20)36-3)28(14-8-9-14)12-15(21(16)30)24(32)33/h12-14H,4-11H2,1-3H3,(H,32,33). The number of ether oxygens (including phenoxy) is 1. The van der Waals surface area contributed by atoms with Gasteiger partial charge in [-0.2, -0.15) is 4.39 Å². The molecule has 1 unspecified atom stereocenters. The predicted octanol–water partition coefficient (Wildman–Crippen LogP) is 3.18. The van der Waals surface area contributed by atoms with E-state index in [2.05, 4.69) is 0 Å². The lowest BCUT2D eigenvalue weighted by Crippen LogP contribution is -2.45. The highest BCUT2D eigenvalue weighted by Crippen LogP contribution is 2.48. The van der Waals surface area contributed by atoms with Crippen LogP contribution in [-0.2, 0) is 4.79 Å². The summed E-state index contributed by atoms with van der Waals surface area (Å²) < 4.78 is 23.1. The van der Waals surface area contributed by atoms with Gasteiger partial charge in [0, 0.05) is 38.4 Å². The van der Waals surface area contributed by atoms with Gasteiger partial charge in [-0.3, -0.25) is 19.7 Å². The molecule has 1 aliphatic carbocycles. The van der Waals surface area contributed by atoms with Gasteiger partial charge in [-0.1, -0.05) is 0 Å². The Morgan fingerprint density at radius 3 is 2.47 bits per heavy atom. The number of nitro benzene ring substituents is 1. The molecule has 0 radical (unpaired) electrons. The molecule has 4 rings (SSSR count). The molecule has 2 aromatic rings. The Labute approximate surface area is 206 Å². The summed E-state index contributed by atoms with van der Waals surface area (Å²) in [5.74, 6) is -3.41. The van der Waals surface area contributed by atoms with Crippen molar-refractivity contribution in [1.29, 1.82) is 0 Å². The van der Waals surface area contributed by atoms with Crippen LogP contribution in [0.5, 0.6) is 5.75 Å². The first-order valence-corrected chi connectivity index (χ1v) is 12.1. The van der Waals surface area contributed by atoms with Gasteiger partial charge < -0.3 is 24.2 Å². The predicted molar refractivity (Wildman–Crippen MR) is 129 cm³/mol. The molecule has 0 bridgehead atoms. The molecule has 1 saturated carbocycles. The fraction of sp³-hybridized carbons (Fsp3) is 0.542. The number of anilines is 1. The van der Waals surface area contributed by atoms with Crippen molar-refractivity contribution in [1.82, 2.24) is 9.47 Å². The number of methoxy groups -OCH3 is 1. The second-order valence-corrected chi connectivity index (χ2v) is 9.14. The second-order valence-electron chi connectivity index (χ2n) is 9.14. The topological polar surface area (TPSA) is 135 Å². The van der Waals surface area contributed by atoms with Crippen LogP contribution in [0.15, 0.2) is 11.0 Å². The van der Waals surface area contributed by atoms with Crippen molar-refractivity contribution in [3.8, 4) is 5.75 Å². The fourth-order valence-electron chi connectivity index (χ4n) is 5.13. The molecule has 12 heteroatoms. The molecule has 2 heterocycles. The third kappa shape index (κ3) is 4.14. The van der Waals surface area contributed by atoms with E-state index in [9.17, 15) is 29.6 Å². The highest BCUT2D eigenvalue weighted by Gasteiger charge is 2.39. The lowest BCUT2D eigenvalue weighted by Gasteiger charge is -2.36. The molecule has 1 atom stereocenters. The molecular weight excluding hydrogens is 475 g/mol. The molecule has 1 N–H and O–H groups in total. The van der Waals surface area contributed by atoms with E-state index in [0.29, 0.717) is 45.3 Å². The Bertz CT molecular complexity index is 1300. The van der Waals surface area contributed by atoms with Crippen molar-refractivity contribution in [2.45, 2.75) is 45.6 Å². The monoisotopic (exact) mass is 504 g/mol. The molecule has 1 saturated heterocycles. The number of carboxylic acid groups (broad SMARTS) is 1. The summed E-state index contributed by atoms with van der Waals surface area (Å²) in [7, 11) is 1.28. The van der Waals surface area contributed by atoms with Crippen molar-refractivity contribution in [3.05, 3.63) is 37.9 Å². The molecule has 11 nitrogen and oxygen atoms in total. The molecule has 1 aliphatic heterocycles. The summed E-state index contributed by atoms with van der Waals surface area (Å²) >= 11 is 0. The number of piperidine rings is 1. The number of fused-ring (bicyclic) bond motifs is 1. The minimum atomic E-state index is -1.55. The second kappa shape index (κ2) is 9.75. The zero-order chi connectivity index (χ0) is 26.3. The van der Waals surface area contributed by atoms with E-state index in [0.717, 1.165) is 6.20 Å². The number of aromatic nitrogens is 1. The number of nitro groups is 1. The first kappa shape index (κ1) is 25.4. The van der Waals surface area contributed by atoms with Crippen LogP contribution in [0.2, 0.25) is 0 Å². The van der Waals surface area contributed by atoms with Crippen LogP contribution in [0.25, 0.3) is 10.9 Å². The van der Waals surface area contributed by atoms with Crippen LogP contribution >= 0.6 is 0 Å². The highest BCUT2D eigenvalue weighted by atomic mass is 19.1. The van der Waals surface area contributed by atoms with Crippen LogP contribution in [0, 0.1) is 21.8 Å². The number of rotatable bonds is 8. The molecule has 194 valence electrons. The summed E-state index contributed by atoms with van der Waals surface area (Å²) in [5, 5.41) is 21.0. The summed E-state index contributed by atoms with van der Waals surface area (Å²) in [4.78, 5) is 52.2. The number of carbonyl (C=O) groups excluding carboxylic acids is 1. The van der Waals surface area contributed by atoms with Crippen molar-refractivity contribution in [3.63, 3.8) is 0 Å². The zero-order valence-electron chi connectivity index (χ0n) is 20.5. The molecule has 2 fully saturated rings. The van der Waals surface area contributed by atoms with Gasteiger partial charge in [-0.15, -0.1) is 0 Å². The average Bonchev–Trinajstić information content (AvgIpc) is 3.69. The smallest absolute Gasteiger partial charge is 0.341 e. The number of carbonyl (C=O) groups is 2. The van der Waals surface area contributed by atoms with E-state index in [1.807, 2.05) is 13.8 Å². The Morgan fingerprint density at radius 2 is 1.94 bits per heavy atom. The minimum absolute atomic E-state index is 0.00436. The number of hydrogen-bond acceptors (Lipinski definition) is 7. The normalized spacial score (nSPS) is 17.8. The zero-order valence-corrected chi connectivity index (χ0v) is 20.5. The summed E-state index contributed by atoms with van der Waals surface area (Å²) in [6.45, 7) is 5.28. The summed E-state index contributed by atoms with van der Waals surface area (Å²) in [6.07, 6.45) is 3.65. The van der Waals surface area contributed by atoms with E-state index in [1.165, 1.54) is 11.7 Å². The fourth-order valence-corrected chi connectivity index (χ4v) is 5.13. The molecule has 1 aromatic carbocycles. The number of carboxylic acids is 1. The molecule has 1 aromatic heterocycles. The Kier molecular flexibility index (Phi) is 6.87. The lowest BCUT2D eigenvalue weighted by molar-refractivity contribution is -0.385. The van der Waals surface area contributed by atoms with Crippen LogP contribution < -0.4 is 15.1 Å². The van der Waals surface area contributed by atoms with Gasteiger partial charge in [-0.05, 0) is 39.5 Å². The van der Waals surface area contributed by atoms with Crippen molar-refractivity contribution >= 4 is 34.2 Å². The Balaban J connectivity index is 1.99. The SMILES string of the molecule is CCN(CC)C(=O)C1CCCN(c2c(F)c([N+](=O)[O-])c3c(=O)c(C(=O)O)cn(C4CC4)c3c2OC)C1. The van der Waals surface area contributed by atoms with E-state index in [-0.39, 0.29) is 35.4 Å². The molecule has 2 aliphatic rings. The third-order valence-electron chi connectivity index (χ3n) is 7.04. The van der Waals surface area contributed by atoms with E-state index in [4.69, 9.17) is 4.74 Å². The van der Waals surface area contributed by atoms with E-state index >= 15 is 4.39 Å². The highest BCUT2D eigenvalue weighted by molar-refractivity contribution is 6.02. The number of amides is 1. The molecule has 1 amide bonds. The van der Waals surface area contributed by atoms with Gasteiger partial charge in [0.2, 0.25) is 17.2 Å². The van der Waals surface area contributed by atoms with Crippen molar-refractivity contribution < 1.29 is 28.7 Å². The van der Waals surface area contributed by atoms with Crippen LogP contribution in [0.3, 0.4) is 0 Å². The summed E-state index contributed by atoms with van der Waals surface area (Å²) in [6, 6.07) is -0.198. The van der Waals surface area contributed by atoms with Gasteiger partial charge in [0.05, 0.1) is 18.0 Å². The van der Waals surface area contributed by atoms with Crippen molar-refractivity contribution in [2.24, 2.45) is 5.92 Å². The number of aromatic carboxylic acids is 1. The number of nitrogens with zero attached hydrogens (tertiary/aromatic N) is 4. The van der Waals surface area contributed by atoms with Crippen LogP contribution in [0.4, 0.5) is 15.8 Å². The number of halogens is 1. The first-order valence-electron chi connectivity index (χ1n) is 12.1. The minimum Gasteiger partial charge on any atom is -0.492 e. The maximum atomic E-state index is 16.0. The van der Waals surface area contributed by atoms with Gasteiger partial charge >= 0.3 is 11.7 Å². The maximum absolute atomic E-state index is 16.0. The third-order valence-corrected chi connectivity index (χ3v) is 7.04. The van der Waals surface area contributed by atoms with Crippen molar-refractivity contribution in [2.75, 3.05) is 38.2 Å². The van der Waals surface area contributed by atoms with Gasteiger partial charge in [0.1, 0.15) is 22.2 Å².